The number of ether oxygens (including phenoxy) is 1. The number of hydrogen-bond acceptors (Lipinski definition) is 4. The maximum absolute atomic E-state index is 12.9. The van der Waals surface area contributed by atoms with Crippen LogP contribution in [0.2, 0.25) is 0 Å². The van der Waals surface area contributed by atoms with Gasteiger partial charge in [0.2, 0.25) is 0 Å². The molecule has 0 saturated carbocycles. The van der Waals surface area contributed by atoms with Gasteiger partial charge in [-0.15, -0.1) is 0 Å². The van der Waals surface area contributed by atoms with Crippen LogP contribution in [0.3, 0.4) is 0 Å². The Morgan fingerprint density at radius 3 is 2.47 bits per heavy atom. The van der Waals surface area contributed by atoms with Crippen molar-refractivity contribution in [2.75, 3.05) is 31.5 Å². The Kier molecular flexibility index (Phi) is 5.72. The number of urea groups is 1. The molecular formula is C25H25N5O2. The lowest BCUT2D eigenvalue weighted by Crippen LogP contribution is -2.49. The van der Waals surface area contributed by atoms with Crippen molar-refractivity contribution >= 4 is 17.4 Å². The average molecular weight is 428 g/mol. The van der Waals surface area contributed by atoms with Gasteiger partial charge in [0.05, 0.1) is 11.4 Å². The van der Waals surface area contributed by atoms with Crippen LogP contribution in [0.5, 0.6) is 11.5 Å². The molecule has 7 heteroatoms. The highest BCUT2D eigenvalue weighted by atomic mass is 16.5. The molecule has 1 N–H and O–H groups in total. The first-order valence-electron chi connectivity index (χ1n) is 10.8. The van der Waals surface area contributed by atoms with E-state index in [0.717, 1.165) is 36.7 Å². The number of imidazole rings is 1. The first-order chi connectivity index (χ1) is 15.7. The van der Waals surface area contributed by atoms with Gasteiger partial charge < -0.3 is 19.4 Å². The van der Waals surface area contributed by atoms with Crippen molar-refractivity contribution in [2.24, 2.45) is 0 Å². The molecule has 4 aromatic rings. The van der Waals surface area contributed by atoms with E-state index in [1.807, 2.05) is 88.3 Å². The van der Waals surface area contributed by atoms with Gasteiger partial charge >= 0.3 is 6.03 Å². The fraction of sp³-hybridized carbons (Fsp3) is 0.200. The van der Waals surface area contributed by atoms with Crippen molar-refractivity contribution in [1.82, 2.24) is 19.2 Å². The summed E-state index contributed by atoms with van der Waals surface area (Å²) in [6.07, 6.45) is 4.07. The van der Waals surface area contributed by atoms with E-state index in [1.165, 1.54) is 0 Å². The summed E-state index contributed by atoms with van der Waals surface area (Å²) in [5.74, 6) is 1.35. The molecule has 1 saturated heterocycles. The number of piperazine rings is 1. The summed E-state index contributed by atoms with van der Waals surface area (Å²) in [5.41, 5.74) is 2.66. The number of nitrogens with one attached hydrogen (secondary N) is 1. The highest BCUT2D eigenvalue weighted by Crippen LogP contribution is 2.29. The molecule has 0 bridgehead atoms. The maximum atomic E-state index is 12.9. The molecule has 32 heavy (non-hydrogen) atoms. The Morgan fingerprint density at radius 2 is 1.66 bits per heavy atom. The van der Waals surface area contributed by atoms with Crippen molar-refractivity contribution in [3.8, 4) is 11.5 Å². The number of benzene rings is 2. The highest BCUT2D eigenvalue weighted by molar-refractivity contribution is 5.91. The van der Waals surface area contributed by atoms with E-state index in [1.54, 1.807) is 0 Å². The maximum Gasteiger partial charge on any atom is 0.322 e. The largest absolute Gasteiger partial charge is 0.455 e. The SMILES string of the molecule is O=C(Nc1ccccc1Oc1ccccc1)N1CCN(Cc2cn3ccccc3n2)CC1. The molecular weight excluding hydrogens is 402 g/mol. The minimum Gasteiger partial charge on any atom is -0.455 e. The first kappa shape index (κ1) is 20.1. The van der Waals surface area contributed by atoms with Crippen LogP contribution >= 0.6 is 0 Å². The number of anilines is 1. The standard InChI is InChI=1S/C25H25N5O2/c31-25(27-22-10-4-5-11-23(22)32-21-8-2-1-3-9-21)29-16-14-28(15-17-29)18-20-19-30-13-7-6-12-24(30)26-20/h1-13,19H,14-18H2,(H,27,31). The second-order valence-corrected chi connectivity index (χ2v) is 7.80. The predicted octanol–water partition coefficient (Wildman–Crippen LogP) is 4.48. The van der Waals surface area contributed by atoms with Gasteiger partial charge in [-0.25, -0.2) is 9.78 Å². The van der Waals surface area contributed by atoms with E-state index in [9.17, 15) is 4.79 Å². The number of pyridine rings is 1. The number of carbonyl (C=O) groups excluding carboxylic acids is 1. The van der Waals surface area contributed by atoms with Crippen molar-refractivity contribution in [3.63, 3.8) is 0 Å². The molecule has 2 aromatic carbocycles. The van der Waals surface area contributed by atoms with Crippen LogP contribution in [0.1, 0.15) is 5.69 Å². The summed E-state index contributed by atoms with van der Waals surface area (Å²) in [4.78, 5) is 21.7. The Balaban J connectivity index is 1.17. The first-order valence-corrected chi connectivity index (χ1v) is 10.8. The molecule has 3 heterocycles. The van der Waals surface area contributed by atoms with Gasteiger partial charge in [-0.2, -0.15) is 0 Å². The smallest absolute Gasteiger partial charge is 0.322 e. The second-order valence-electron chi connectivity index (χ2n) is 7.80. The van der Waals surface area contributed by atoms with Gasteiger partial charge in [0, 0.05) is 45.1 Å². The molecule has 2 aromatic heterocycles. The van der Waals surface area contributed by atoms with Crippen LogP contribution in [-0.2, 0) is 6.54 Å². The zero-order valence-electron chi connectivity index (χ0n) is 17.7. The fourth-order valence-electron chi connectivity index (χ4n) is 3.87. The fourth-order valence-corrected chi connectivity index (χ4v) is 3.87. The summed E-state index contributed by atoms with van der Waals surface area (Å²) in [7, 11) is 0. The van der Waals surface area contributed by atoms with Crippen LogP contribution in [0.25, 0.3) is 5.65 Å². The zero-order valence-corrected chi connectivity index (χ0v) is 17.7. The molecule has 0 atom stereocenters. The van der Waals surface area contributed by atoms with Crippen LogP contribution < -0.4 is 10.1 Å². The van der Waals surface area contributed by atoms with Crippen molar-refractivity contribution in [1.29, 1.82) is 0 Å². The van der Waals surface area contributed by atoms with Gasteiger partial charge in [-0.3, -0.25) is 4.90 Å². The molecule has 1 aliphatic rings. The van der Waals surface area contributed by atoms with Crippen LogP contribution in [0.15, 0.2) is 85.2 Å². The van der Waals surface area contributed by atoms with Gasteiger partial charge in [0.15, 0.2) is 5.75 Å². The molecule has 5 rings (SSSR count). The summed E-state index contributed by atoms with van der Waals surface area (Å²) in [6, 6.07) is 22.9. The normalized spacial score (nSPS) is 14.4. The molecule has 1 aliphatic heterocycles. The predicted molar refractivity (Wildman–Crippen MR) is 124 cm³/mol. The van der Waals surface area contributed by atoms with E-state index < -0.39 is 0 Å². The monoisotopic (exact) mass is 427 g/mol. The number of rotatable bonds is 5. The summed E-state index contributed by atoms with van der Waals surface area (Å²) >= 11 is 0. The Bertz CT molecular complexity index is 1170. The number of carbonyl (C=O) groups is 1. The van der Waals surface area contributed by atoms with Gasteiger partial charge in [-0.05, 0) is 36.4 Å². The molecule has 162 valence electrons. The molecule has 1 fully saturated rings. The van der Waals surface area contributed by atoms with Crippen LogP contribution in [0, 0.1) is 0 Å². The molecule has 2 amide bonds. The minimum absolute atomic E-state index is 0.110. The van der Waals surface area contributed by atoms with E-state index in [-0.39, 0.29) is 6.03 Å². The Morgan fingerprint density at radius 1 is 0.906 bits per heavy atom. The third kappa shape index (κ3) is 4.58. The van der Waals surface area contributed by atoms with E-state index in [2.05, 4.69) is 21.4 Å². The average Bonchev–Trinajstić information content (AvgIpc) is 3.24. The quantitative estimate of drug-likeness (QED) is 0.510. The van der Waals surface area contributed by atoms with Crippen molar-refractivity contribution in [2.45, 2.75) is 6.54 Å². The third-order valence-corrected chi connectivity index (χ3v) is 5.56. The van der Waals surface area contributed by atoms with Crippen LogP contribution in [-0.4, -0.2) is 51.4 Å². The number of para-hydroxylation sites is 3. The van der Waals surface area contributed by atoms with E-state index in [4.69, 9.17) is 4.74 Å². The van der Waals surface area contributed by atoms with Gasteiger partial charge in [0.25, 0.3) is 0 Å². The number of aromatic nitrogens is 2. The van der Waals surface area contributed by atoms with Crippen LogP contribution in [0.4, 0.5) is 10.5 Å². The summed E-state index contributed by atoms with van der Waals surface area (Å²) in [6.45, 7) is 3.74. The van der Waals surface area contributed by atoms with E-state index >= 15 is 0 Å². The lowest BCUT2D eigenvalue weighted by molar-refractivity contribution is 0.142. The Hall–Kier alpha value is -3.84. The zero-order chi connectivity index (χ0) is 21.8. The van der Waals surface area contributed by atoms with E-state index in [0.29, 0.717) is 24.5 Å². The summed E-state index contributed by atoms with van der Waals surface area (Å²) < 4.78 is 7.99. The molecule has 0 unspecified atom stereocenters. The number of fused-ring (bicyclic) bond motifs is 1. The molecule has 0 spiro atoms. The van der Waals surface area contributed by atoms with Crippen molar-refractivity contribution in [3.05, 3.63) is 90.9 Å². The van der Waals surface area contributed by atoms with Gasteiger partial charge in [0.1, 0.15) is 11.4 Å². The number of hydrogen-bond donors (Lipinski definition) is 1. The van der Waals surface area contributed by atoms with Gasteiger partial charge in [-0.1, -0.05) is 36.4 Å². The highest BCUT2D eigenvalue weighted by Gasteiger charge is 2.22. The second kappa shape index (κ2) is 9.11. The van der Waals surface area contributed by atoms with Crippen molar-refractivity contribution < 1.29 is 9.53 Å². The third-order valence-electron chi connectivity index (χ3n) is 5.56. The molecule has 7 nitrogen and oxygen atoms in total. The minimum atomic E-state index is -0.110. The molecule has 0 aliphatic carbocycles. The number of nitrogens with zero attached hydrogens (tertiary/aromatic N) is 4. The Labute approximate surface area is 186 Å². The summed E-state index contributed by atoms with van der Waals surface area (Å²) in [5, 5.41) is 3.01. The lowest BCUT2D eigenvalue weighted by Gasteiger charge is -2.34. The molecule has 0 radical (unpaired) electrons. The lowest BCUT2D eigenvalue weighted by atomic mass is 10.2. The topological polar surface area (TPSA) is 62.1 Å². The number of amides is 2.